The quantitative estimate of drug-likeness (QED) is 0.0438. The number of carbonyl (C=O) groups is 6. The fourth-order valence-corrected chi connectivity index (χ4v) is 5.69. The van der Waals surface area contributed by atoms with Crippen LogP contribution in [0.1, 0.15) is 93.2 Å². The normalized spacial score (nSPS) is 13.2. The number of hydrogen-bond donors (Lipinski definition) is 5. The van der Waals surface area contributed by atoms with Crippen LogP contribution in [0.2, 0.25) is 0 Å². The summed E-state index contributed by atoms with van der Waals surface area (Å²) in [6.07, 6.45) is 9.18. The van der Waals surface area contributed by atoms with Gasteiger partial charge in [-0.25, -0.2) is 15.0 Å². The van der Waals surface area contributed by atoms with Crippen LogP contribution in [0.5, 0.6) is 0 Å². The minimum absolute atomic E-state index is 0.0416. The summed E-state index contributed by atoms with van der Waals surface area (Å²) in [5, 5.41) is 7.92. The Labute approximate surface area is 320 Å². The molecule has 0 radical (unpaired) electrons. The van der Waals surface area contributed by atoms with E-state index in [2.05, 4.69) is 54.4 Å². The van der Waals surface area contributed by atoms with Gasteiger partial charge in [0.15, 0.2) is 28.5 Å². The summed E-state index contributed by atoms with van der Waals surface area (Å²) in [6, 6.07) is 5.51. The summed E-state index contributed by atoms with van der Waals surface area (Å²) in [6.45, 7) is 6.72. The molecule has 2 aromatic heterocycles. The van der Waals surface area contributed by atoms with Crippen molar-refractivity contribution in [1.29, 1.82) is 0 Å². The van der Waals surface area contributed by atoms with Crippen molar-refractivity contribution in [2.24, 2.45) is 11.8 Å². The van der Waals surface area contributed by atoms with Crippen LogP contribution >= 0.6 is 12.6 Å². The monoisotopic (exact) mass is 759 g/mol. The number of aryl methyl sites for hydroxylation is 3. The lowest BCUT2D eigenvalue weighted by Crippen LogP contribution is -2.45. The van der Waals surface area contributed by atoms with Crippen LogP contribution in [0.25, 0.3) is 11.2 Å². The Balaban J connectivity index is 1.38. The minimum atomic E-state index is -0.901. The Morgan fingerprint density at radius 2 is 1.56 bits per heavy atom. The standard InChI is InChI=1S/C39H49N7O7S/c1-6-9-29(38(52)43-25(4)32(48)20-23(2)37(51)40-18-19-54)21-33(49)24(3)42-34(50)11-8-7-10-31(47)28-15-12-27(13-16-28)14-17-30-22-41-36-35(46-30)39(53)45-26(5)44-36/h1,12-13,15-16,22-25,29,54H,7-11,14,17-21H2,2-5H3,(H,40,51)(H,42,50)(H,43,52)(H,41,44,45,53)/t23-,24+,25+,29-/m1/s1. The summed E-state index contributed by atoms with van der Waals surface area (Å²) < 4.78 is 0. The molecule has 15 heteroatoms. The maximum atomic E-state index is 12.9. The van der Waals surface area contributed by atoms with Crippen molar-refractivity contribution in [1.82, 2.24) is 35.9 Å². The van der Waals surface area contributed by atoms with Crippen molar-refractivity contribution in [2.45, 2.75) is 97.6 Å². The van der Waals surface area contributed by atoms with Gasteiger partial charge in [-0.3, -0.25) is 33.6 Å². The van der Waals surface area contributed by atoms with Crippen molar-refractivity contribution in [3.63, 3.8) is 0 Å². The van der Waals surface area contributed by atoms with Crippen molar-refractivity contribution < 1.29 is 28.8 Å². The van der Waals surface area contributed by atoms with Crippen LogP contribution in [0.4, 0.5) is 0 Å². The molecule has 4 atom stereocenters. The van der Waals surface area contributed by atoms with E-state index in [0.29, 0.717) is 60.7 Å². The summed E-state index contributed by atoms with van der Waals surface area (Å²) in [5.74, 6) is -0.131. The van der Waals surface area contributed by atoms with Crippen LogP contribution in [0.3, 0.4) is 0 Å². The molecule has 288 valence electrons. The first-order chi connectivity index (χ1) is 25.7. The zero-order chi connectivity index (χ0) is 39.8. The summed E-state index contributed by atoms with van der Waals surface area (Å²) in [5.41, 5.74) is 2.38. The van der Waals surface area contributed by atoms with Gasteiger partial charge in [-0.2, -0.15) is 12.6 Å². The number of carbonyl (C=O) groups excluding carboxylic acids is 6. The number of terminal acetylenes is 1. The molecule has 0 aliphatic heterocycles. The maximum Gasteiger partial charge on any atom is 0.279 e. The summed E-state index contributed by atoms with van der Waals surface area (Å²) in [4.78, 5) is 104. The molecule has 0 spiro atoms. The van der Waals surface area contributed by atoms with Crippen molar-refractivity contribution in [3.05, 3.63) is 63.5 Å². The highest BCUT2D eigenvalue weighted by Gasteiger charge is 2.28. The first kappa shape index (κ1) is 43.2. The Hall–Kier alpha value is -5.23. The van der Waals surface area contributed by atoms with Gasteiger partial charge in [0, 0.05) is 55.9 Å². The third-order valence-electron chi connectivity index (χ3n) is 8.84. The van der Waals surface area contributed by atoms with Gasteiger partial charge in [0.25, 0.3) is 5.56 Å². The number of benzene rings is 1. The number of rotatable bonds is 22. The number of aromatic amines is 1. The number of unbranched alkanes of at least 4 members (excludes halogenated alkanes) is 1. The van der Waals surface area contributed by atoms with Crippen molar-refractivity contribution in [3.8, 4) is 12.3 Å². The lowest BCUT2D eigenvalue weighted by molar-refractivity contribution is -0.134. The molecule has 54 heavy (non-hydrogen) atoms. The number of amides is 3. The van der Waals surface area contributed by atoms with Gasteiger partial charge in [0.2, 0.25) is 17.7 Å². The molecule has 14 nitrogen and oxygen atoms in total. The molecular weight excluding hydrogens is 711 g/mol. The van der Waals surface area contributed by atoms with Gasteiger partial charge in [0.05, 0.1) is 29.9 Å². The first-order valence-electron chi connectivity index (χ1n) is 18.0. The predicted octanol–water partition coefficient (Wildman–Crippen LogP) is 2.80. The maximum absolute atomic E-state index is 12.9. The van der Waals surface area contributed by atoms with E-state index >= 15 is 0 Å². The van der Waals surface area contributed by atoms with E-state index in [9.17, 15) is 33.6 Å². The number of ketones is 3. The van der Waals surface area contributed by atoms with Crippen molar-refractivity contribution >= 4 is 58.9 Å². The third-order valence-corrected chi connectivity index (χ3v) is 9.06. The minimum Gasteiger partial charge on any atom is -0.355 e. The molecule has 0 bridgehead atoms. The van der Waals surface area contributed by atoms with Gasteiger partial charge in [-0.15, -0.1) is 12.3 Å². The van der Waals surface area contributed by atoms with Gasteiger partial charge < -0.3 is 20.9 Å². The molecule has 0 fully saturated rings. The lowest BCUT2D eigenvalue weighted by atomic mass is 9.94. The van der Waals surface area contributed by atoms with E-state index in [1.807, 2.05) is 12.1 Å². The van der Waals surface area contributed by atoms with Gasteiger partial charge in [-0.05, 0) is 52.0 Å². The summed E-state index contributed by atoms with van der Waals surface area (Å²) in [7, 11) is 0. The highest BCUT2D eigenvalue weighted by Crippen LogP contribution is 2.15. The topological polar surface area (TPSA) is 210 Å². The highest BCUT2D eigenvalue weighted by atomic mass is 32.1. The second-order valence-electron chi connectivity index (χ2n) is 13.4. The lowest BCUT2D eigenvalue weighted by Gasteiger charge is -2.20. The largest absolute Gasteiger partial charge is 0.355 e. The Bertz CT molecular complexity index is 1920. The molecule has 4 N–H and O–H groups in total. The van der Waals surface area contributed by atoms with E-state index in [1.54, 1.807) is 32.2 Å². The fraction of sp³-hybridized carbons (Fsp3) is 0.487. The van der Waals surface area contributed by atoms with E-state index < -0.39 is 35.6 Å². The molecular formula is C39H49N7O7S. The number of aromatic nitrogens is 4. The van der Waals surface area contributed by atoms with E-state index in [0.717, 1.165) is 5.56 Å². The number of H-pyrrole nitrogens is 1. The van der Waals surface area contributed by atoms with E-state index in [4.69, 9.17) is 6.42 Å². The van der Waals surface area contributed by atoms with Crippen LogP contribution in [0.15, 0.2) is 35.3 Å². The average molecular weight is 760 g/mol. The Kier molecular flexibility index (Phi) is 17.2. The number of nitrogens with zero attached hydrogens (tertiary/aromatic N) is 3. The predicted molar refractivity (Wildman–Crippen MR) is 207 cm³/mol. The van der Waals surface area contributed by atoms with Gasteiger partial charge in [-0.1, -0.05) is 31.2 Å². The highest BCUT2D eigenvalue weighted by molar-refractivity contribution is 7.80. The Morgan fingerprint density at radius 3 is 2.24 bits per heavy atom. The second kappa shape index (κ2) is 21.5. The molecule has 0 saturated heterocycles. The van der Waals surface area contributed by atoms with Crippen molar-refractivity contribution in [2.75, 3.05) is 12.3 Å². The average Bonchev–Trinajstić information content (AvgIpc) is 3.14. The van der Waals surface area contributed by atoms with Gasteiger partial charge in [0.1, 0.15) is 5.82 Å². The first-order valence-corrected chi connectivity index (χ1v) is 18.7. The molecule has 0 unspecified atom stereocenters. The van der Waals surface area contributed by atoms with Crippen LogP contribution in [0, 0.1) is 31.1 Å². The molecule has 3 aromatic rings. The Morgan fingerprint density at radius 1 is 0.889 bits per heavy atom. The molecule has 3 amide bonds. The summed E-state index contributed by atoms with van der Waals surface area (Å²) >= 11 is 4.04. The molecule has 3 rings (SSSR count). The number of fused-ring (bicyclic) bond motifs is 1. The molecule has 0 aliphatic rings. The molecule has 0 aliphatic carbocycles. The fourth-order valence-electron chi connectivity index (χ4n) is 5.58. The van der Waals surface area contributed by atoms with Crippen LogP contribution in [-0.4, -0.2) is 79.4 Å². The smallest absolute Gasteiger partial charge is 0.279 e. The zero-order valence-electron chi connectivity index (χ0n) is 31.2. The van der Waals surface area contributed by atoms with Crippen LogP contribution in [-0.2, 0) is 36.8 Å². The third kappa shape index (κ3) is 13.6. The number of hydrogen-bond acceptors (Lipinski definition) is 11. The number of thiol groups is 1. The number of Topliss-reactive ketones (excluding diaryl/α,β-unsaturated/α-hetero) is 3. The molecule has 0 saturated carbocycles. The zero-order valence-corrected chi connectivity index (χ0v) is 32.1. The van der Waals surface area contributed by atoms with E-state index in [-0.39, 0.29) is 66.6 Å². The molecule has 1 aromatic carbocycles. The molecule has 2 heterocycles. The van der Waals surface area contributed by atoms with Gasteiger partial charge >= 0.3 is 0 Å². The van der Waals surface area contributed by atoms with E-state index in [1.165, 1.54) is 13.8 Å². The SMILES string of the molecule is C#CC[C@H](CC(=O)[C@H](C)NC(=O)CCCCC(=O)c1ccc(CCc2cnc3nc(C)[nH]c(=O)c3n2)cc1)C(=O)N[C@@H](C)C(=O)C[C@@H](C)C(=O)NCCS. The second-order valence-corrected chi connectivity index (χ2v) is 13.8. The van der Waals surface area contributed by atoms with Crippen LogP contribution < -0.4 is 21.5 Å². The number of nitrogens with one attached hydrogen (secondary N) is 4.